The van der Waals surface area contributed by atoms with Crippen LogP contribution in [0.3, 0.4) is 0 Å². The first kappa shape index (κ1) is 17.6. The van der Waals surface area contributed by atoms with Crippen molar-refractivity contribution in [2.75, 3.05) is 26.8 Å². The summed E-state index contributed by atoms with van der Waals surface area (Å²) < 4.78 is 0. The summed E-state index contributed by atoms with van der Waals surface area (Å²) in [5.74, 6) is -0.604. The average Bonchev–Trinajstić information content (AvgIpc) is 2.49. The van der Waals surface area contributed by atoms with Crippen LogP contribution in [-0.4, -0.2) is 99.5 Å². The van der Waals surface area contributed by atoms with Gasteiger partial charge in [0.15, 0.2) is 5.96 Å². The molecule has 122 valence electrons. The number of amides is 1. The van der Waals surface area contributed by atoms with Crippen molar-refractivity contribution >= 4 is 11.9 Å². The van der Waals surface area contributed by atoms with E-state index in [1.807, 2.05) is 0 Å². The number of aliphatic hydroxyl groups is 5. The number of likely N-dealkylation sites (tertiary alicyclic amines) is 1. The number of aliphatic hydroxyl groups excluding tert-OH is 5. The molecular formula is C11H22N4O6. The fourth-order valence-corrected chi connectivity index (χ4v) is 2.33. The number of nitrogens with two attached hydrogens (primary N) is 1. The number of carbonyl (C=O) groups is 1. The molecular weight excluding hydrogens is 284 g/mol. The van der Waals surface area contributed by atoms with Gasteiger partial charge in [0.05, 0.1) is 31.8 Å². The molecule has 5 atom stereocenters. The highest BCUT2D eigenvalue weighted by Gasteiger charge is 2.48. The van der Waals surface area contributed by atoms with Gasteiger partial charge in [-0.15, -0.1) is 0 Å². The van der Waals surface area contributed by atoms with Gasteiger partial charge in [0.1, 0.15) is 18.3 Å². The van der Waals surface area contributed by atoms with Crippen molar-refractivity contribution < 1.29 is 30.3 Å². The molecule has 1 saturated heterocycles. The highest BCUT2D eigenvalue weighted by atomic mass is 16.4. The third-order valence-corrected chi connectivity index (χ3v) is 3.53. The molecule has 1 aliphatic heterocycles. The van der Waals surface area contributed by atoms with Gasteiger partial charge in [-0.05, 0) is 0 Å². The third-order valence-electron chi connectivity index (χ3n) is 3.53. The summed E-state index contributed by atoms with van der Waals surface area (Å²) in [7, 11) is 1.42. The zero-order valence-corrected chi connectivity index (χ0v) is 11.6. The first-order valence-corrected chi connectivity index (χ1v) is 6.42. The van der Waals surface area contributed by atoms with Gasteiger partial charge in [0.25, 0.3) is 0 Å². The van der Waals surface area contributed by atoms with Crippen LogP contribution in [0.1, 0.15) is 0 Å². The molecule has 1 heterocycles. The topological polar surface area (TPSA) is 172 Å². The average molecular weight is 306 g/mol. The molecule has 10 heteroatoms. The van der Waals surface area contributed by atoms with Crippen LogP contribution in [0.15, 0.2) is 4.99 Å². The van der Waals surface area contributed by atoms with Gasteiger partial charge >= 0.3 is 0 Å². The lowest BCUT2D eigenvalue weighted by molar-refractivity contribution is -0.187. The van der Waals surface area contributed by atoms with Gasteiger partial charge in [0.2, 0.25) is 5.91 Å². The molecule has 0 bridgehead atoms. The maximum absolute atomic E-state index is 12.2. The number of aliphatic imine (C=N–C) groups is 1. The van der Waals surface area contributed by atoms with E-state index in [4.69, 9.17) is 5.73 Å². The highest BCUT2D eigenvalue weighted by Crippen LogP contribution is 2.24. The molecule has 8 N–H and O–H groups in total. The van der Waals surface area contributed by atoms with Crippen LogP contribution in [0, 0.1) is 0 Å². The third kappa shape index (κ3) is 3.60. The second-order valence-corrected chi connectivity index (χ2v) is 4.74. The second kappa shape index (κ2) is 7.52. The minimum atomic E-state index is -1.57. The van der Waals surface area contributed by atoms with Gasteiger partial charge in [0, 0.05) is 7.05 Å². The number of nitrogens with zero attached hydrogens (tertiary/aromatic N) is 2. The first-order valence-electron chi connectivity index (χ1n) is 6.42. The molecule has 1 unspecified atom stereocenters. The summed E-state index contributed by atoms with van der Waals surface area (Å²) in [6, 6.07) is -2.29. The molecule has 1 rings (SSSR count). The molecule has 0 aromatic carbocycles. The molecule has 0 aromatic rings. The van der Waals surface area contributed by atoms with Gasteiger partial charge < -0.3 is 41.5 Å². The van der Waals surface area contributed by atoms with E-state index in [0.717, 1.165) is 4.90 Å². The summed E-state index contributed by atoms with van der Waals surface area (Å²) in [5, 5.41) is 50.5. The van der Waals surface area contributed by atoms with Crippen molar-refractivity contribution in [1.29, 1.82) is 0 Å². The molecule has 0 spiro atoms. The maximum atomic E-state index is 12.2. The molecule has 21 heavy (non-hydrogen) atoms. The smallest absolute Gasteiger partial charge is 0.242 e. The Balaban J connectivity index is 2.94. The monoisotopic (exact) mass is 306 g/mol. The van der Waals surface area contributed by atoms with Gasteiger partial charge in [-0.1, -0.05) is 0 Å². The highest BCUT2D eigenvalue weighted by molar-refractivity contribution is 5.86. The predicted molar refractivity (Wildman–Crippen MR) is 72.2 cm³/mol. The lowest BCUT2D eigenvalue weighted by Gasteiger charge is -2.48. The number of nitrogens with one attached hydrogen (secondary N) is 1. The molecule has 1 fully saturated rings. The number of hydrogen-bond donors (Lipinski definition) is 7. The van der Waals surface area contributed by atoms with Crippen molar-refractivity contribution in [3.05, 3.63) is 0 Å². The zero-order valence-electron chi connectivity index (χ0n) is 11.6. The number of carbonyl (C=O) groups excluding carboxylic acids is 1. The Morgan fingerprint density at radius 1 is 1.14 bits per heavy atom. The number of piperidine rings is 1. The van der Waals surface area contributed by atoms with E-state index in [0.29, 0.717) is 0 Å². The Morgan fingerprint density at radius 3 is 2.00 bits per heavy atom. The van der Waals surface area contributed by atoms with Gasteiger partial charge in [-0.25, -0.2) is 0 Å². The number of hydrogen-bond acceptors (Lipinski definition) is 7. The van der Waals surface area contributed by atoms with Crippen LogP contribution in [0.25, 0.3) is 0 Å². The minimum Gasteiger partial charge on any atom is -0.394 e. The Morgan fingerprint density at radius 2 is 1.62 bits per heavy atom. The standard InChI is InChI=1S/C11H22N4O6/c1-13-11(12)14-2-7(18)15-5(3-16)8(19)10(21)9(20)6(15)4-17/h5-6,8-10,16-17,19-21H,2-4H2,1H3,(H3,12,13,14)/t5-,6-,8-,9+,10?/m1/s1. The number of rotatable bonds is 4. The zero-order chi connectivity index (χ0) is 16.2. The van der Waals surface area contributed by atoms with E-state index < -0.39 is 49.5 Å². The van der Waals surface area contributed by atoms with Crippen molar-refractivity contribution in [3.8, 4) is 0 Å². The summed E-state index contributed by atoms with van der Waals surface area (Å²) in [5.41, 5.74) is 5.39. The van der Waals surface area contributed by atoms with Crippen LogP contribution in [0.4, 0.5) is 0 Å². The molecule has 1 amide bonds. The van der Waals surface area contributed by atoms with Crippen LogP contribution in [0.5, 0.6) is 0 Å². The van der Waals surface area contributed by atoms with E-state index in [1.165, 1.54) is 7.05 Å². The van der Waals surface area contributed by atoms with E-state index in [2.05, 4.69) is 10.3 Å². The lowest BCUT2D eigenvalue weighted by Crippen LogP contribution is -2.70. The quantitative estimate of drug-likeness (QED) is 0.200. The maximum Gasteiger partial charge on any atom is 0.242 e. The summed E-state index contributed by atoms with van der Waals surface area (Å²) in [6.07, 6.45) is -4.64. The van der Waals surface area contributed by atoms with Crippen molar-refractivity contribution in [2.45, 2.75) is 30.4 Å². The number of guanidine groups is 1. The van der Waals surface area contributed by atoms with Crippen LogP contribution in [0.2, 0.25) is 0 Å². The van der Waals surface area contributed by atoms with Gasteiger partial charge in [-0.3, -0.25) is 9.79 Å². The normalized spacial score (nSPS) is 33.9. The van der Waals surface area contributed by atoms with Crippen molar-refractivity contribution in [2.24, 2.45) is 10.7 Å². The Labute approximate surface area is 121 Å². The summed E-state index contributed by atoms with van der Waals surface area (Å²) in [6.45, 7) is -1.57. The second-order valence-electron chi connectivity index (χ2n) is 4.74. The van der Waals surface area contributed by atoms with Crippen LogP contribution in [-0.2, 0) is 4.79 Å². The molecule has 0 aliphatic carbocycles. The Hall–Kier alpha value is -1.46. The molecule has 0 aromatic heterocycles. The summed E-state index contributed by atoms with van der Waals surface area (Å²) >= 11 is 0. The molecule has 1 aliphatic rings. The van der Waals surface area contributed by atoms with E-state index in [-0.39, 0.29) is 12.5 Å². The Kier molecular flexibility index (Phi) is 6.30. The van der Waals surface area contributed by atoms with E-state index in [1.54, 1.807) is 0 Å². The lowest BCUT2D eigenvalue weighted by atomic mass is 9.88. The van der Waals surface area contributed by atoms with Crippen molar-refractivity contribution in [1.82, 2.24) is 10.2 Å². The fourth-order valence-electron chi connectivity index (χ4n) is 2.33. The van der Waals surface area contributed by atoms with Crippen LogP contribution < -0.4 is 11.1 Å². The SMILES string of the molecule is CN=C(N)NCC(=O)N1[C@H](CO)[C@H](O)C(O)[C@H](O)[C@H]1CO. The van der Waals surface area contributed by atoms with E-state index >= 15 is 0 Å². The predicted octanol–water partition coefficient (Wildman–Crippen LogP) is -4.83. The Bertz CT molecular complexity index is 375. The fraction of sp³-hybridized carbons (Fsp3) is 0.818. The largest absolute Gasteiger partial charge is 0.394 e. The molecule has 0 saturated carbocycles. The van der Waals surface area contributed by atoms with Crippen LogP contribution >= 0.6 is 0 Å². The molecule has 0 radical (unpaired) electrons. The minimum absolute atomic E-state index is 0.0163. The van der Waals surface area contributed by atoms with E-state index in [9.17, 15) is 30.3 Å². The summed E-state index contributed by atoms with van der Waals surface area (Å²) in [4.78, 5) is 16.7. The van der Waals surface area contributed by atoms with Gasteiger partial charge in [-0.2, -0.15) is 0 Å². The molecule has 10 nitrogen and oxygen atoms in total. The first-order chi connectivity index (χ1) is 9.88. The van der Waals surface area contributed by atoms with Crippen molar-refractivity contribution in [3.63, 3.8) is 0 Å².